The average Bonchev–Trinajstić information content (AvgIpc) is 2.54. The Balaban J connectivity index is 2.74. The molecule has 1 unspecified atom stereocenters. The zero-order valence-electron chi connectivity index (χ0n) is 9.08. The molecular weight excluding hydrogens is 210 g/mol. The van der Waals surface area contributed by atoms with Gasteiger partial charge < -0.3 is 5.32 Å². The van der Waals surface area contributed by atoms with Crippen molar-refractivity contribution in [2.24, 2.45) is 7.05 Å². The topological polar surface area (TPSA) is 29.9 Å². The molecule has 4 heteroatoms. The van der Waals surface area contributed by atoms with E-state index in [1.165, 1.54) is 5.56 Å². The fourth-order valence-corrected chi connectivity index (χ4v) is 1.99. The minimum absolute atomic E-state index is 0.274. The molecule has 15 heavy (non-hydrogen) atoms. The van der Waals surface area contributed by atoms with E-state index in [0.717, 1.165) is 10.9 Å². The first-order chi connectivity index (χ1) is 7.15. The Morgan fingerprint density at radius 3 is 2.87 bits per heavy atom. The van der Waals surface area contributed by atoms with Crippen LogP contribution >= 0.6 is 11.6 Å². The van der Waals surface area contributed by atoms with Crippen LogP contribution in [0.1, 0.15) is 18.5 Å². The van der Waals surface area contributed by atoms with Crippen LogP contribution in [0.5, 0.6) is 0 Å². The summed E-state index contributed by atoms with van der Waals surface area (Å²) in [6, 6.07) is 6.34. The van der Waals surface area contributed by atoms with E-state index >= 15 is 0 Å². The Kier molecular flexibility index (Phi) is 2.67. The maximum atomic E-state index is 6.22. The standard InChI is InChI=1S/C11H14ClN3/c1-7(13-2)8-5-4-6-9-10(8)11(12)15(3)14-9/h4-7,13H,1-3H3. The van der Waals surface area contributed by atoms with E-state index in [0.29, 0.717) is 5.15 Å². The molecule has 1 aromatic carbocycles. The Hall–Kier alpha value is -1.06. The number of rotatable bonds is 2. The quantitative estimate of drug-likeness (QED) is 0.848. The van der Waals surface area contributed by atoms with Gasteiger partial charge in [-0.15, -0.1) is 0 Å². The molecule has 0 fully saturated rings. The van der Waals surface area contributed by atoms with Gasteiger partial charge in [-0.1, -0.05) is 23.7 Å². The van der Waals surface area contributed by atoms with E-state index in [1.54, 1.807) is 4.68 Å². The van der Waals surface area contributed by atoms with Crippen molar-refractivity contribution in [3.63, 3.8) is 0 Å². The highest BCUT2D eigenvalue weighted by atomic mass is 35.5. The first-order valence-corrected chi connectivity index (χ1v) is 5.31. The maximum Gasteiger partial charge on any atom is 0.134 e. The summed E-state index contributed by atoms with van der Waals surface area (Å²) < 4.78 is 1.71. The molecule has 1 heterocycles. The molecule has 0 aliphatic carbocycles. The van der Waals surface area contributed by atoms with Gasteiger partial charge in [-0.2, -0.15) is 5.10 Å². The van der Waals surface area contributed by atoms with Crippen molar-refractivity contribution in [2.75, 3.05) is 7.05 Å². The van der Waals surface area contributed by atoms with Gasteiger partial charge in [-0.05, 0) is 25.6 Å². The largest absolute Gasteiger partial charge is 0.313 e. The molecule has 1 aromatic heterocycles. The highest BCUT2D eigenvalue weighted by molar-refractivity contribution is 6.34. The second-order valence-corrected chi connectivity index (χ2v) is 4.02. The van der Waals surface area contributed by atoms with Crippen molar-refractivity contribution in [1.29, 1.82) is 0 Å². The molecule has 0 radical (unpaired) electrons. The summed E-state index contributed by atoms with van der Waals surface area (Å²) in [5, 5.41) is 9.30. The molecule has 0 saturated carbocycles. The van der Waals surface area contributed by atoms with E-state index in [-0.39, 0.29) is 6.04 Å². The van der Waals surface area contributed by atoms with Crippen molar-refractivity contribution in [3.8, 4) is 0 Å². The van der Waals surface area contributed by atoms with E-state index in [9.17, 15) is 0 Å². The van der Waals surface area contributed by atoms with E-state index in [1.807, 2.05) is 26.2 Å². The van der Waals surface area contributed by atoms with Crippen molar-refractivity contribution in [3.05, 3.63) is 28.9 Å². The number of nitrogens with zero attached hydrogens (tertiary/aromatic N) is 2. The van der Waals surface area contributed by atoms with Crippen LogP contribution in [0.4, 0.5) is 0 Å². The molecular formula is C11H14ClN3. The highest BCUT2D eigenvalue weighted by Crippen LogP contribution is 2.29. The van der Waals surface area contributed by atoms with Crippen LogP contribution in [0, 0.1) is 0 Å². The Labute approximate surface area is 94.0 Å². The number of halogens is 1. The van der Waals surface area contributed by atoms with Crippen LogP contribution in [0.15, 0.2) is 18.2 Å². The van der Waals surface area contributed by atoms with Gasteiger partial charge in [0, 0.05) is 18.5 Å². The third kappa shape index (κ3) is 1.62. The number of hydrogen-bond donors (Lipinski definition) is 1. The van der Waals surface area contributed by atoms with E-state index < -0.39 is 0 Å². The van der Waals surface area contributed by atoms with E-state index in [2.05, 4.69) is 23.4 Å². The number of fused-ring (bicyclic) bond motifs is 1. The zero-order chi connectivity index (χ0) is 11.0. The summed E-state index contributed by atoms with van der Waals surface area (Å²) in [4.78, 5) is 0. The maximum absolute atomic E-state index is 6.22. The smallest absolute Gasteiger partial charge is 0.134 e. The predicted molar refractivity (Wildman–Crippen MR) is 63.2 cm³/mol. The third-order valence-electron chi connectivity index (χ3n) is 2.72. The van der Waals surface area contributed by atoms with Crippen LogP contribution < -0.4 is 5.32 Å². The van der Waals surface area contributed by atoms with Gasteiger partial charge in [0.2, 0.25) is 0 Å². The molecule has 0 bridgehead atoms. The van der Waals surface area contributed by atoms with Crippen molar-refractivity contribution in [1.82, 2.24) is 15.1 Å². The number of benzene rings is 1. The lowest BCUT2D eigenvalue weighted by atomic mass is 10.0. The van der Waals surface area contributed by atoms with Gasteiger partial charge in [0.25, 0.3) is 0 Å². The molecule has 1 N–H and O–H groups in total. The zero-order valence-corrected chi connectivity index (χ0v) is 9.84. The Morgan fingerprint density at radius 1 is 1.47 bits per heavy atom. The SMILES string of the molecule is CNC(C)c1cccc2nn(C)c(Cl)c12. The second kappa shape index (κ2) is 3.83. The minimum Gasteiger partial charge on any atom is -0.313 e. The fourth-order valence-electron chi connectivity index (χ4n) is 1.75. The summed E-state index contributed by atoms with van der Waals surface area (Å²) in [5.41, 5.74) is 2.13. The Morgan fingerprint density at radius 2 is 2.20 bits per heavy atom. The number of nitrogens with one attached hydrogen (secondary N) is 1. The summed E-state index contributed by atoms with van der Waals surface area (Å²) in [6.07, 6.45) is 0. The molecule has 2 aromatic rings. The van der Waals surface area contributed by atoms with Crippen LogP contribution in [0.3, 0.4) is 0 Å². The number of aromatic nitrogens is 2. The van der Waals surface area contributed by atoms with Gasteiger partial charge in [0.1, 0.15) is 5.15 Å². The summed E-state index contributed by atoms with van der Waals surface area (Å²) in [6.45, 7) is 2.11. The Bertz CT molecular complexity index is 490. The van der Waals surface area contributed by atoms with Crippen LogP contribution in [-0.2, 0) is 7.05 Å². The summed E-state index contributed by atoms with van der Waals surface area (Å²) in [5.74, 6) is 0. The third-order valence-corrected chi connectivity index (χ3v) is 3.16. The lowest BCUT2D eigenvalue weighted by Crippen LogP contribution is -2.12. The molecule has 80 valence electrons. The van der Waals surface area contributed by atoms with Crippen molar-refractivity contribution < 1.29 is 0 Å². The van der Waals surface area contributed by atoms with E-state index in [4.69, 9.17) is 11.6 Å². The molecule has 0 spiro atoms. The second-order valence-electron chi connectivity index (χ2n) is 3.67. The van der Waals surface area contributed by atoms with Crippen LogP contribution in [0.25, 0.3) is 10.9 Å². The lowest BCUT2D eigenvalue weighted by molar-refractivity contribution is 0.657. The van der Waals surface area contributed by atoms with Gasteiger partial charge in [-0.25, -0.2) is 0 Å². The molecule has 0 saturated heterocycles. The predicted octanol–water partition coefficient (Wildman–Crippen LogP) is 2.51. The number of aryl methyl sites for hydroxylation is 1. The lowest BCUT2D eigenvalue weighted by Gasteiger charge is -2.11. The normalized spacial score (nSPS) is 13.3. The van der Waals surface area contributed by atoms with Gasteiger partial charge in [0.15, 0.2) is 0 Å². The monoisotopic (exact) mass is 223 g/mol. The fraction of sp³-hybridized carbons (Fsp3) is 0.364. The van der Waals surface area contributed by atoms with Gasteiger partial charge in [0.05, 0.1) is 5.52 Å². The number of hydrogen-bond acceptors (Lipinski definition) is 2. The average molecular weight is 224 g/mol. The minimum atomic E-state index is 0.274. The summed E-state index contributed by atoms with van der Waals surface area (Å²) >= 11 is 6.22. The van der Waals surface area contributed by atoms with Gasteiger partial charge >= 0.3 is 0 Å². The summed E-state index contributed by atoms with van der Waals surface area (Å²) in [7, 11) is 3.80. The molecule has 1 atom stereocenters. The first kappa shape index (κ1) is 10.5. The van der Waals surface area contributed by atoms with Crippen molar-refractivity contribution in [2.45, 2.75) is 13.0 Å². The molecule has 0 aliphatic rings. The molecule has 3 nitrogen and oxygen atoms in total. The molecule has 0 amide bonds. The van der Waals surface area contributed by atoms with Crippen LogP contribution in [0.2, 0.25) is 5.15 Å². The van der Waals surface area contributed by atoms with Crippen molar-refractivity contribution >= 4 is 22.5 Å². The van der Waals surface area contributed by atoms with Crippen LogP contribution in [-0.4, -0.2) is 16.8 Å². The van der Waals surface area contributed by atoms with Gasteiger partial charge in [-0.3, -0.25) is 4.68 Å². The molecule has 2 rings (SSSR count). The highest BCUT2D eigenvalue weighted by Gasteiger charge is 2.13. The first-order valence-electron chi connectivity index (χ1n) is 4.93. The molecule has 0 aliphatic heterocycles.